The summed E-state index contributed by atoms with van der Waals surface area (Å²) >= 11 is 0. The Bertz CT molecular complexity index is 773. The van der Waals surface area contributed by atoms with Crippen molar-refractivity contribution in [1.29, 1.82) is 0 Å². The number of aliphatic hydroxyl groups is 1. The summed E-state index contributed by atoms with van der Waals surface area (Å²) in [5, 5.41) is 12.0. The number of unbranched alkanes of at least 4 members (excludes halogenated alkanes) is 5. The Morgan fingerprint density at radius 2 is 1.48 bits per heavy atom. The van der Waals surface area contributed by atoms with Gasteiger partial charge in [-0.15, -0.1) is 0 Å². The minimum Gasteiger partial charge on any atom is -0.395 e. The van der Waals surface area contributed by atoms with Crippen molar-refractivity contribution < 1.29 is 9.90 Å². The van der Waals surface area contributed by atoms with Gasteiger partial charge >= 0.3 is 0 Å². The number of nitrogens with two attached hydrogens (primary N) is 1. The molecule has 0 aliphatic carbocycles. The summed E-state index contributed by atoms with van der Waals surface area (Å²) in [7, 11) is 0. The molecule has 0 unspecified atom stereocenters. The molecule has 1 saturated heterocycles. The van der Waals surface area contributed by atoms with Crippen LogP contribution < -0.4 is 11.1 Å². The Morgan fingerprint density at radius 3 is 2.06 bits per heavy atom. The van der Waals surface area contributed by atoms with E-state index in [1.807, 2.05) is 36.4 Å². The van der Waals surface area contributed by atoms with Gasteiger partial charge in [0, 0.05) is 13.1 Å². The van der Waals surface area contributed by atoms with E-state index in [4.69, 9.17) is 10.8 Å². The number of amides is 1. The molecule has 1 amide bonds. The number of aliphatic hydroxyl groups excluding tert-OH is 1. The molecule has 0 radical (unpaired) electrons. The van der Waals surface area contributed by atoms with Crippen molar-refractivity contribution in [3.05, 3.63) is 71.8 Å². The van der Waals surface area contributed by atoms with E-state index >= 15 is 0 Å². The highest BCUT2D eigenvalue weighted by molar-refractivity contribution is 5.91. The van der Waals surface area contributed by atoms with Gasteiger partial charge in [0.15, 0.2) is 0 Å². The molecule has 1 aliphatic heterocycles. The van der Waals surface area contributed by atoms with E-state index < -0.39 is 5.41 Å². The van der Waals surface area contributed by atoms with Crippen LogP contribution in [0.5, 0.6) is 0 Å². The predicted molar refractivity (Wildman–Crippen MR) is 135 cm³/mol. The molecular weight excluding hydrogens is 410 g/mol. The van der Waals surface area contributed by atoms with Crippen molar-refractivity contribution in [1.82, 2.24) is 10.2 Å². The van der Waals surface area contributed by atoms with Gasteiger partial charge in [-0.05, 0) is 55.9 Å². The first-order chi connectivity index (χ1) is 16.2. The minimum atomic E-state index is -0.790. The summed E-state index contributed by atoms with van der Waals surface area (Å²) in [6.07, 6.45) is 8.42. The largest absolute Gasteiger partial charge is 0.395 e. The van der Waals surface area contributed by atoms with Crippen molar-refractivity contribution in [2.24, 2.45) is 11.7 Å². The molecule has 1 fully saturated rings. The van der Waals surface area contributed by atoms with Crippen molar-refractivity contribution >= 4 is 5.91 Å². The highest BCUT2D eigenvalue weighted by Gasteiger charge is 2.49. The van der Waals surface area contributed by atoms with Crippen LogP contribution in [-0.2, 0) is 10.2 Å². The second-order valence-electron chi connectivity index (χ2n) is 9.29. The fourth-order valence-corrected chi connectivity index (χ4v) is 5.41. The van der Waals surface area contributed by atoms with Gasteiger partial charge in [-0.3, -0.25) is 4.79 Å². The molecule has 1 heterocycles. The maximum atomic E-state index is 13.1. The van der Waals surface area contributed by atoms with Crippen LogP contribution >= 0.6 is 0 Å². The summed E-state index contributed by atoms with van der Waals surface area (Å²) in [4.78, 5) is 15.7. The summed E-state index contributed by atoms with van der Waals surface area (Å²) in [6, 6.07) is 20.2. The van der Waals surface area contributed by atoms with Crippen molar-refractivity contribution in [2.45, 2.75) is 50.4 Å². The maximum absolute atomic E-state index is 13.1. The Labute approximate surface area is 199 Å². The minimum absolute atomic E-state index is 0.172. The van der Waals surface area contributed by atoms with Crippen LogP contribution in [0.4, 0.5) is 0 Å². The molecule has 5 nitrogen and oxygen atoms in total. The van der Waals surface area contributed by atoms with Gasteiger partial charge in [0.2, 0.25) is 5.91 Å². The molecule has 2 aromatic rings. The molecule has 5 heteroatoms. The molecule has 0 aromatic heterocycles. The van der Waals surface area contributed by atoms with E-state index in [2.05, 4.69) is 34.5 Å². The van der Waals surface area contributed by atoms with Crippen molar-refractivity contribution in [3.8, 4) is 0 Å². The Kier molecular flexibility index (Phi) is 10.4. The third-order valence-electron chi connectivity index (χ3n) is 7.10. The van der Waals surface area contributed by atoms with Crippen LogP contribution in [0.15, 0.2) is 60.7 Å². The first kappa shape index (κ1) is 25.4. The third kappa shape index (κ3) is 6.66. The molecule has 4 N–H and O–H groups in total. The van der Waals surface area contributed by atoms with Gasteiger partial charge in [-0.1, -0.05) is 86.3 Å². The Balaban J connectivity index is 1.54. The fourth-order valence-electron chi connectivity index (χ4n) is 5.41. The molecule has 2 aromatic carbocycles. The van der Waals surface area contributed by atoms with Crippen LogP contribution in [0.2, 0.25) is 0 Å². The number of likely N-dealkylation sites (tertiary alicyclic amines) is 1. The monoisotopic (exact) mass is 451 g/mol. The van der Waals surface area contributed by atoms with E-state index in [0.29, 0.717) is 6.54 Å². The van der Waals surface area contributed by atoms with Crippen LogP contribution in [0, 0.1) is 5.92 Å². The summed E-state index contributed by atoms with van der Waals surface area (Å²) in [5.74, 6) is -0.0774. The van der Waals surface area contributed by atoms with Gasteiger partial charge in [0.25, 0.3) is 0 Å². The average molecular weight is 452 g/mol. The molecule has 3 rings (SSSR count). The number of primary amides is 1. The zero-order chi connectivity index (χ0) is 23.4. The zero-order valence-electron chi connectivity index (χ0n) is 19.9. The van der Waals surface area contributed by atoms with Crippen LogP contribution in [0.3, 0.4) is 0 Å². The smallest absolute Gasteiger partial charge is 0.232 e. The molecule has 0 spiro atoms. The predicted octanol–water partition coefficient (Wildman–Crippen LogP) is 3.70. The number of hydrogen-bond donors (Lipinski definition) is 3. The molecule has 1 aliphatic rings. The summed E-state index contributed by atoms with van der Waals surface area (Å²) in [6.45, 7) is 4.93. The van der Waals surface area contributed by atoms with Crippen molar-refractivity contribution in [3.63, 3.8) is 0 Å². The lowest BCUT2D eigenvalue weighted by molar-refractivity contribution is -0.123. The first-order valence-corrected chi connectivity index (χ1v) is 12.6. The lowest BCUT2D eigenvalue weighted by Crippen LogP contribution is -2.49. The summed E-state index contributed by atoms with van der Waals surface area (Å²) in [5.41, 5.74) is 7.41. The molecular formula is C28H41N3O2. The van der Waals surface area contributed by atoms with E-state index in [1.54, 1.807) is 0 Å². The lowest BCUT2D eigenvalue weighted by atomic mass is 9.64. The van der Waals surface area contributed by atoms with E-state index in [9.17, 15) is 4.79 Å². The van der Waals surface area contributed by atoms with Gasteiger partial charge in [0.05, 0.1) is 6.61 Å². The number of carbonyl (C=O) groups excluding carboxylic acids is 1. The molecule has 33 heavy (non-hydrogen) atoms. The first-order valence-electron chi connectivity index (χ1n) is 12.6. The number of nitrogens with zero attached hydrogens (tertiary/aromatic N) is 1. The van der Waals surface area contributed by atoms with Crippen LogP contribution in [0.1, 0.15) is 56.1 Å². The standard InChI is InChI=1S/C28H41N3O2/c29-27(33)28(24-13-7-5-8-14-24,25-15-9-6-10-16-25)26-17-21-31(23-26)20-12-4-2-1-3-11-18-30-19-22-32/h5-10,13-16,26,30,32H,1-4,11-12,17-23H2,(H2,29,33)/t26-/m1/s1. The van der Waals surface area contributed by atoms with E-state index in [1.165, 1.54) is 38.5 Å². The number of nitrogens with one attached hydrogen (secondary N) is 1. The second kappa shape index (κ2) is 13.5. The summed E-state index contributed by atoms with van der Waals surface area (Å²) < 4.78 is 0. The zero-order valence-corrected chi connectivity index (χ0v) is 19.9. The SMILES string of the molecule is NC(=O)C(c1ccccc1)(c1ccccc1)[C@@H]1CCN(CCCCCCCCNCCO)C1. The topological polar surface area (TPSA) is 78.6 Å². The van der Waals surface area contributed by atoms with Gasteiger partial charge < -0.3 is 21.1 Å². The molecule has 1 atom stereocenters. The molecule has 0 bridgehead atoms. The number of benzene rings is 2. The number of hydrogen-bond acceptors (Lipinski definition) is 4. The highest BCUT2D eigenvalue weighted by Crippen LogP contribution is 2.43. The van der Waals surface area contributed by atoms with Crippen LogP contribution in [-0.4, -0.2) is 55.2 Å². The number of rotatable bonds is 15. The quantitative estimate of drug-likeness (QED) is 0.361. The molecule has 180 valence electrons. The Hall–Kier alpha value is -2.21. The van der Waals surface area contributed by atoms with Gasteiger partial charge in [-0.2, -0.15) is 0 Å². The highest BCUT2D eigenvalue weighted by atomic mass is 16.3. The van der Waals surface area contributed by atoms with Gasteiger partial charge in [0.1, 0.15) is 5.41 Å². The van der Waals surface area contributed by atoms with Crippen LogP contribution in [0.25, 0.3) is 0 Å². The fraction of sp³-hybridized carbons (Fsp3) is 0.536. The normalized spacial score (nSPS) is 16.8. The third-order valence-corrected chi connectivity index (χ3v) is 7.10. The maximum Gasteiger partial charge on any atom is 0.232 e. The van der Waals surface area contributed by atoms with Gasteiger partial charge in [-0.25, -0.2) is 0 Å². The lowest BCUT2D eigenvalue weighted by Gasteiger charge is -2.37. The van der Waals surface area contributed by atoms with E-state index in [0.717, 1.165) is 43.7 Å². The van der Waals surface area contributed by atoms with E-state index in [-0.39, 0.29) is 18.4 Å². The van der Waals surface area contributed by atoms with Crippen molar-refractivity contribution in [2.75, 3.05) is 39.3 Å². The Morgan fingerprint density at radius 1 is 0.909 bits per heavy atom. The molecule has 0 saturated carbocycles. The average Bonchev–Trinajstić information content (AvgIpc) is 3.31. The number of carbonyl (C=O) groups is 1. The second-order valence-corrected chi connectivity index (χ2v) is 9.29.